The van der Waals surface area contributed by atoms with E-state index < -0.39 is 12.0 Å². The number of fused-ring (bicyclic) bond motifs is 2. The summed E-state index contributed by atoms with van der Waals surface area (Å²) in [5.74, 6) is -0.366. The number of aromatic amines is 1. The fraction of sp³-hybridized carbons (Fsp3) is 0.241. The summed E-state index contributed by atoms with van der Waals surface area (Å²) in [7, 11) is 1.61. The monoisotopic (exact) mass is 483 g/mol. The molecule has 2 amide bonds. The Morgan fingerprint density at radius 2 is 1.75 bits per heavy atom. The van der Waals surface area contributed by atoms with Gasteiger partial charge in [0.1, 0.15) is 5.75 Å². The van der Waals surface area contributed by atoms with E-state index in [1.807, 2.05) is 79.9 Å². The van der Waals surface area contributed by atoms with E-state index in [1.54, 1.807) is 18.1 Å². The number of nitrogens with zero attached hydrogens (tertiary/aromatic N) is 1. The minimum absolute atomic E-state index is 0.114. The highest BCUT2D eigenvalue weighted by Crippen LogP contribution is 2.45. The number of rotatable bonds is 8. The lowest BCUT2D eigenvalue weighted by molar-refractivity contribution is -0.119. The van der Waals surface area contributed by atoms with Crippen molar-refractivity contribution in [2.75, 3.05) is 32.2 Å². The SMILES string of the molecule is CCOc1ccccc1NC(=O)C1c2ccccc2C(=O)N(CCOC)C1c1c[nH]c2ccccc12. The van der Waals surface area contributed by atoms with Gasteiger partial charge in [0.15, 0.2) is 0 Å². The Labute approximate surface area is 210 Å². The number of hydrogen-bond acceptors (Lipinski definition) is 4. The Kier molecular flexibility index (Phi) is 6.73. The highest BCUT2D eigenvalue weighted by molar-refractivity contribution is 6.05. The lowest BCUT2D eigenvalue weighted by Crippen LogP contribution is -2.47. The summed E-state index contributed by atoms with van der Waals surface area (Å²) in [4.78, 5) is 32.9. The van der Waals surface area contributed by atoms with Gasteiger partial charge in [0.25, 0.3) is 5.91 Å². The van der Waals surface area contributed by atoms with Crippen LogP contribution in [0, 0.1) is 0 Å². The van der Waals surface area contributed by atoms with Crippen LogP contribution in [0.3, 0.4) is 0 Å². The molecule has 4 aromatic rings. The van der Waals surface area contributed by atoms with Crippen LogP contribution in [-0.4, -0.2) is 48.6 Å². The first-order valence-corrected chi connectivity index (χ1v) is 12.1. The second kappa shape index (κ2) is 10.3. The second-order valence-corrected chi connectivity index (χ2v) is 8.71. The number of hydrogen-bond donors (Lipinski definition) is 2. The largest absolute Gasteiger partial charge is 0.492 e. The third-order valence-electron chi connectivity index (χ3n) is 6.64. The van der Waals surface area contributed by atoms with Crippen molar-refractivity contribution in [3.05, 3.63) is 95.7 Å². The van der Waals surface area contributed by atoms with Gasteiger partial charge < -0.3 is 24.7 Å². The Balaban J connectivity index is 1.66. The molecule has 1 aliphatic heterocycles. The molecule has 1 aromatic heterocycles. The molecule has 5 rings (SSSR count). The third-order valence-corrected chi connectivity index (χ3v) is 6.64. The summed E-state index contributed by atoms with van der Waals surface area (Å²) in [6, 6.07) is 22.2. The topological polar surface area (TPSA) is 83.7 Å². The highest BCUT2D eigenvalue weighted by Gasteiger charge is 2.45. The highest BCUT2D eigenvalue weighted by atomic mass is 16.5. The van der Waals surface area contributed by atoms with Gasteiger partial charge in [0, 0.05) is 41.9 Å². The first-order chi connectivity index (χ1) is 17.6. The van der Waals surface area contributed by atoms with Gasteiger partial charge >= 0.3 is 0 Å². The first-order valence-electron chi connectivity index (χ1n) is 12.1. The van der Waals surface area contributed by atoms with Crippen molar-refractivity contribution in [2.24, 2.45) is 0 Å². The molecule has 7 heteroatoms. The number of ether oxygens (including phenoxy) is 2. The van der Waals surface area contributed by atoms with Crippen LogP contribution in [0.5, 0.6) is 5.75 Å². The van der Waals surface area contributed by atoms with Crippen LogP contribution >= 0.6 is 0 Å². The van der Waals surface area contributed by atoms with Gasteiger partial charge in [-0.3, -0.25) is 9.59 Å². The molecule has 0 spiro atoms. The normalized spacial score (nSPS) is 17.2. The van der Waals surface area contributed by atoms with E-state index in [1.165, 1.54) is 0 Å². The number of amides is 2. The maximum atomic E-state index is 14.1. The van der Waals surface area contributed by atoms with Crippen LogP contribution in [-0.2, 0) is 9.53 Å². The summed E-state index contributed by atoms with van der Waals surface area (Å²) in [6.07, 6.45) is 1.91. The Hall–Kier alpha value is -4.10. The molecule has 2 atom stereocenters. The molecule has 2 unspecified atom stereocenters. The maximum Gasteiger partial charge on any atom is 0.254 e. The zero-order valence-corrected chi connectivity index (χ0v) is 20.4. The summed E-state index contributed by atoms with van der Waals surface area (Å²) in [5.41, 5.74) is 3.68. The van der Waals surface area contributed by atoms with Gasteiger partial charge in [-0.05, 0) is 36.8 Å². The van der Waals surface area contributed by atoms with E-state index in [0.29, 0.717) is 42.3 Å². The quantitative estimate of drug-likeness (QED) is 0.364. The average molecular weight is 484 g/mol. The zero-order valence-electron chi connectivity index (χ0n) is 20.4. The number of carbonyl (C=O) groups is 2. The second-order valence-electron chi connectivity index (χ2n) is 8.71. The summed E-state index contributed by atoms with van der Waals surface area (Å²) in [6.45, 7) is 3.10. The van der Waals surface area contributed by atoms with Crippen molar-refractivity contribution in [3.8, 4) is 5.75 Å². The van der Waals surface area contributed by atoms with Crippen molar-refractivity contribution < 1.29 is 19.1 Å². The van der Waals surface area contributed by atoms with E-state index >= 15 is 0 Å². The maximum absolute atomic E-state index is 14.1. The van der Waals surface area contributed by atoms with Gasteiger partial charge in [-0.25, -0.2) is 0 Å². The number of para-hydroxylation sites is 3. The molecule has 7 nitrogen and oxygen atoms in total. The zero-order chi connectivity index (χ0) is 25.1. The molecule has 0 saturated heterocycles. The summed E-state index contributed by atoms with van der Waals surface area (Å²) >= 11 is 0. The van der Waals surface area contributed by atoms with Gasteiger partial charge in [0.05, 0.1) is 30.9 Å². The van der Waals surface area contributed by atoms with Crippen LogP contribution in [0.15, 0.2) is 79.0 Å². The van der Waals surface area contributed by atoms with Crippen LogP contribution in [0.4, 0.5) is 5.69 Å². The molecule has 1 aliphatic rings. The molecule has 0 aliphatic carbocycles. The Morgan fingerprint density at radius 1 is 1.00 bits per heavy atom. The van der Waals surface area contributed by atoms with Crippen molar-refractivity contribution in [1.29, 1.82) is 0 Å². The molecular formula is C29H29N3O4. The van der Waals surface area contributed by atoms with Crippen molar-refractivity contribution in [3.63, 3.8) is 0 Å². The summed E-state index contributed by atoms with van der Waals surface area (Å²) in [5, 5.41) is 4.07. The van der Waals surface area contributed by atoms with Crippen LogP contribution in [0.1, 0.15) is 40.4 Å². The molecular weight excluding hydrogens is 454 g/mol. The molecule has 184 valence electrons. The van der Waals surface area contributed by atoms with E-state index in [2.05, 4.69) is 10.3 Å². The number of nitrogens with one attached hydrogen (secondary N) is 2. The number of benzene rings is 3. The molecule has 0 bridgehead atoms. The predicted octanol–water partition coefficient (Wildman–Crippen LogP) is 5.13. The van der Waals surface area contributed by atoms with E-state index in [0.717, 1.165) is 16.5 Å². The molecule has 0 saturated carbocycles. The lowest BCUT2D eigenvalue weighted by Gasteiger charge is -2.41. The number of carbonyl (C=O) groups excluding carboxylic acids is 2. The average Bonchev–Trinajstić information content (AvgIpc) is 3.33. The van der Waals surface area contributed by atoms with Crippen LogP contribution in [0.25, 0.3) is 10.9 Å². The predicted molar refractivity (Wildman–Crippen MR) is 139 cm³/mol. The van der Waals surface area contributed by atoms with Gasteiger partial charge in [-0.1, -0.05) is 48.5 Å². The van der Waals surface area contributed by atoms with Crippen molar-refractivity contribution in [2.45, 2.75) is 18.9 Å². The number of aromatic nitrogens is 1. The molecule has 36 heavy (non-hydrogen) atoms. The minimum Gasteiger partial charge on any atom is -0.492 e. The Morgan fingerprint density at radius 3 is 2.58 bits per heavy atom. The van der Waals surface area contributed by atoms with Gasteiger partial charge in [-0.2, -0.15) is 0 Å². The standard InChI is InChI=1S/C29H29N3O4/c1-3-36-25-15-9-8-14-24(25)31-28(33)26-20-11-4-5-12-21(20)29(34)32(16-17-35-2)27(26)22-18-30-23-13-7-6-10-19(22)23/h4-15,18,26-27,30H,3,16-17H2,1-2H3,(H,31,33). The number of anilines is 1. The summed E-state index contributed by atoms with van der Waals surface area (Å²) < 4.78 is 11.1. The van der Waals surface area contributed by atoms with E-state index in [9.17, 15) is 9.59 Å². The van der Waals surface area contributed by atoms with Crippen molar-refractivity contribution in [1.82, 2.24) is 9.88 Å². The van der Waals surface area contributed by atoms with E-state index in [4.69, 9.17) is 9.47 Å². The molecule has 2 heterocycles. The van der Waals surface area contributed by atoms with Crippen LogP contribution in [0.2, 0.25) is 0 Å². The third kappa shape index (κ3) is 4.22. The van der Waals surface area contributed by atoms with Gasteiger partial charge in [-0.15, -0.1) is 0 Å². The fourth-order valence-electron chi connectivity index (χ4n) is 5.06. The number of methoxy groups -OCH3 is 1. The smallest absolute Gasteiger partial charge is 0.254 e. The van der Waals surface area contributed by atoms with Crippen LogP contribution < -0.4 is 10.1 Å². The lowest BCUT2D eigenvalue weighted by atomic mass is 9.79. The first kappa shape index (κ1) is 23.6. The number of H-pyrrole nitrogens is 1. The van der Waals surface area contributed by atoms with Gasteiger partial charge in [0.2, 0.25) is 5.91 Å². The molecule has 3 aromatic carbocycles. The molecule has 2 N–H and O–H groups in total. The molecule has 0 radical (unpaired) electrons. The van der Waals surface area contributed by atoms with Crippen molar-refractivity contribution >= 4 is 28.4 Å². The Bertz CT molecular complexity index is 1400. The minimum atomic E-state index is -0.648. The van der Waals surface area contributed by atoms with E-state index in [-0.39, 0.29) is 11.8 Å². The fourth-order valence-corrected chi connectivity index (χ4v) is 5.06. The molecule has 0 fully saturated rings.